The van der Waals surface area contributed by atoms with E-state index in [0.29, 0.717) is 23.9 Å². The smallest absolute Gasteiger partial charge is 0.320 e. The maximum atomic E-state index is 13.0. The highest BCUT2D eigenvalue weighted by Crippen LogP contribution is 2.26. The highest BCUT2D eigenvalue weighted by atomic mass is 35.5. The van der Waals surface area contributed by atoms with Gasteiger partial charge in [0, 0.05) is 11.6 Å². The summed E-state index contributed by atoms with van der Waals surface area (Å²) in [4.78, 5) is 13.2. The Hall–Kier alpha value is -1.13. The number of hydrogen-bond acceptors (Lipinski definition) is 2. The molecule has 1 heterocycles. The van der Waals surface area contributed by atoms with Crippen molar-refractivity contribution in [1.29, 1.82) is 0 Å². The number of halogens is 2. The highest BCUT2D eigenvalue weighted by molar-refractivity contribution is 6.31. The maximum Gasteiger partial charge on any atom is 0.320 e. The van der Waals surface area contributed by atoms with Gasteiger partial charge in [0.1, 0.15) is 11.9 Å². The van der Waals surface area contributed by atoms with Crippen LogP contribution in [0.15, 0.2) is 18.2 Å². The molecule has 2 unspecified atom stereocenters. The minimum atomic E-state index is -0.801. The molecule has 0 aromatic heterocycles. The normalized spacial score (nSPS) is 24.4. The number of likely N-dealkylation sites (tertiary alicyclic amines) is 1. The third-order valence-electron chi connectivity index (χ3n) is 3.65. The first kappa shape index (κ1) is 14.3. The van der Waals surface area contributed by atoms with Gasteiger partial charge in [0.25, 0.3) is 0 Å². The quantitative estimate of drug-likeness (QED) is 0.927. The van der Waals surface area contributed by atoms with Crippen LogP contribution in [0, 0.1) is 11.7 Å². The second-order valence-corrected chi connectivity index (χ2v) is 5.60. The molecular weight excluding hydrogens is 269 g/mol. The van der Waals surface area contributed by atoms with Crippen LogP contribution in [0.2, 0.25) is 5.02 Å². The van der Waals surface area contributed by atoms with Crippen molar-refractivity contribution < 1.29 is 14.3 Å². The average Bonchev–Trinajstić information content (AvgIpc) is 2.34. The van der Waals surface area contributed by atoms with Gasteiger partial charge in [-0.1, -0.05) is 24.6 Å². The molecule has 1 aromatic carbocycles. The number of carboxylic acid groups (broad SMARTS) is 1. The van der Waals surface area contributed by atoms with Crippen LogP contribution < -0.4 is 0 Å². The van der Waals surface area contributed by atoms with Crippen LogP contribution in [0.1, 0.15) is 25.3 Å². The molecule has 2 rings (SSSR count). The predicted molar refractivity (Wildman–Crippen MR) is 71.6 cm³/mol. The van der Waals surface area contributed by atoms with Gasteiger partial charge < -0.3 is 5.11 Å². The lowest BCUT2D eigenvalue weighted by molar-refractivity contribution is -0.145. The van der Waals surface area contributed by atoms with E-state index in [0.717, 1.165) is 18.5 Å². The first-order valence-electron chi connectivity index (χ1n) is 6.38. The van der Waals surface area contributed by atoms with Crippen molar-refractivity contribution >= 4 is 17.6 Å². The summed E-state index contributed by atoms with van der Waals surface area (Å²) < 4.78 is 13.0. The molecule has 0 saturated carbocycles. The Morgan fingerprint density at radius 2 is 2.32 bits per heavy atom. The Bertz CT molecular complexity index is 481. The molecule has 0 amide bonds. The number of rotatable bonds is 3. The van der Waals surface area contributed by atoms with Crippen LogP contribution in [0.5, 0.6) is 0 Å². The third-order valence-corrected chi connectivity index (χ3v) is 4.00. The molecule has 1 saturated heterocycles. The van der Waals surface area contributed by atoms with Gasteiger partial charge in [-0.25, -0.2) is 4.39 Å². The van der Waals surface area contributed by atoms with Crippen molar-refractivity contribution in [2.75, 3.05) is 6.54 Å². The van der Waals surface area contributed by atoms with E-state index < -0.39 is 12.0 Å². The topological polar surface area (TPSA) is 40.5 Å². The standard InChI is InChI=1S/C14H17ClFNO2/c1-9-4-5-17(13(6-9)14(18)19)8-10-2-3-11(16)7-12(10)15/h2-3,7,9,13H,4-6,8H2,1H3,(H,18,19). The summed E-state index contributed by atoms with van der Waals surface area (Å²) in [6, 6.07) is 3.75. The zero-order valence-corrected chi connectivity index (χ0v) is 11.5. The summed E-state index contributed by atoms with van der Waals surface area (Å²) >= 11 is 5.99. The molecular formula is C14H17ClFNO2. The van der Waals surface area contributed by atoms with E-state index in [-0.39, 0.29) is 5.82 Å². The first-order chi connectivity index (χ1) is 8.97. The van der Waals surface area contributed by atoms with Gasteiger partial charge in [-0.15, -0.1) is 0 Å². The molecule has 0 bridgehead atoms. The second-order valence-electron chi connectivity index (χ2n) is 5.19. The number of benzene rings is 1. The summed E-state index contributed by atoms with van der Waals surface area (Å²) in [5, 5.41) is 9.63. The number of nitrogens with zero attached hydrogens (tertiary/aromatic N) is 1. The average molecular weight is 286 g/mol. The number of carboxylic acids is 1. The van der Waals surface area contributed by atoms with E-state index in [9.17, 15) is 14.3 Å². The minimum Gasteiger partial charge on any atom is -0.480 e. The molecule has 0 radical (unpaired) electrons. The molecule has 0 aliphatic carbocycles. The summed E-state index contributed by atoms with van der Waals surface area (Å²) in [6.07, 6.45) is 1.62. The molecule has 5 heteroatoms. The molecule has 1 aliphatic heterocycles. The van der Waals surface area contributed by atoms with Gasteiger partial charge in [-0.05, 0) is 43.0 Å². The maximum absolute atomic E-state index is 13.0. The van der Waals surface area contributed by atoms with Crippen LogP contribution in [-0.2, 0) is 11.3 Å². The van der Waals surface area contributed by atoms with Gasteiger partial charge in [0.05, 0.1) is 0 Å². The van der Waals surface area contributed by atoms with Crippen LogP contribution >= 0.6 is 11.6 Å². The zero-order chi connectivity index (χ0) is 14.0. The fraction of sp³-hybridized carbons (Fsp3) is 0.500. The third kappa shape index (κ3) is 3.45. The molecule has 2 atom stereocenters. The Morgan fingerprint density at radius 1 is 1.58 bits per heavy atom. The zero-order valence-electron chi connectivity index (χ0n) is 10.8. The number of aliphatic carboxylic acids is 1. The summed E-state index contributed by atoms with van der Waals surface area (Å²) in [6.45, 7) is 3.24. The molecule has 1 aliphatic rings. The van der Waals surface area contributed by atoms with Gasteiger partial charge in [-0.2, -0.15) is 0 Å². The van der Waals surface area contributed by atoms with Gasteiger partial charge in [0.2, 0.25) is 0 Å². The Labute approximate surface area is 117 Å². The van der Waals surface area contributed by atoms with Crippen molar-refractivity contribution in [2.24, 2.45) is 5.92 Å². The monoisotopic (exact) mass is 285 g/mol. The number of piperidine rings is 1. The molecule has 104 valence electrons. The Balaban J connectivity index is 2.14. The van der Waals surface area contributed by atoms with Crippen molar-refractivity contribution in [1.82, 2.24) is 4.90 Å². The molecule has 19 heavy (non-hydrogen) atoms. The van der Waals surface area contributed by atoms with Gasteiger partial charge in [0.15, 0.2) is 0 Å². The fourth-order valence-corrected chi connectivity index (χ4v) is 2.73. The Morgan fingerprint density at radius 3 is 2.95 bits per heavy atom. The molecule has 0 spiro atoms. The molecule has 3 nitrogen and oxygen atoms in total. The van der Waals surface area contributed by atoms with E-state index >= 15 is 0 Å². The van der Waals surface area contributed by atoms with E-state index in [4.69, 9.17) is 11.6 Å². The van der Waals surface area contributed by atoms with Gasteiger partial charge >= 0.3 is 5.97 Å². The lowest BCUT2D eigenvalue weighted by atomic mass is 9.92. The van der Waals surface area contributed by atoms with Crippen LogP contribution in [-0.4, -0.2) is 28.6 Å². The van der Waals surface area contributed by atoms with Crippen molar-refractivity contribution in [3.8, 4) is 0 Å². The fourth-order valence-electron chi connectivity index (χ4n) is 2.51. The summed E-state index contributed by atoms with van der Waals surface area (Å²) in [5.41, 5.74) is 0.767. The van der Waals surface area contributed by atoms with Crippen molar-refractivity contribution in [3.63, 3.8) is 0 Å². The highest BCUT2D eigenvalue weighted by Gasteiger charge is 2.31. The predicted octanol–water partition coefficient (Wildman–Crippen LogP) is 3.16. The van der Waals surface area contributed by atoms with Gasteiger partial charge in [-0.3, -0.25) is 9.69 Å². The Kier molecular flexibility index (Phi) is 4.42. The summed E-state index contributed by atoms with van der Waals surface area (Å²) in [5.74, 6) is -0.762. The van der Waals surface area contributed by atoms with E-state index in [1.807, 2.05) is 4.90 Å². The lowest BCUT2D eigenvalue weighted by Gasteiger charge is -2.36. The van der Waals surface area contributed by atoms with Crippen LogP contribution in [0.3, 0.4) is 0 Å². The largest absolute Gasteiger partial charge is 0.480 e. The first-order valence-corrected chi connectivity index (χ1v) is 6.76. The van der Waals surface area contributed by atoms with Crippen LogP contribution in [0.25, 0.3) is 0 Å². The molecule has 1 N–H and O–H groups in total. The lowest BCUT2D eigenvalue weighted by Crippen LogP contribution is -2.46. The van der Waals surface area contributed by atoms with Crippen molar-refractivity contribution in [3.05, 3.63) is 34.6 Å². The van der Waals surface area contributed by atoms with E-state index in [1.165, 1.54) is 12.1 Å². The molecule has 1 fully saturated rings. The van der Waals surface area contributed by atoms with Crippen LogP contribution in [0.4, 0.5) is 4.39 Å². The molecule has 1 aromatic rings. The summed E-state index contributed by atoms with van der Waals surface area (Å²) in [7, 11) is 0. The second kappa shape index (κ2) is 5.88. The number of hydrogen-bond donors (Lipinski definition) is 1. The number of carbonyl (C=O) groups is 1. The van der Waals surface area contributed by atoms with E-state index in [2.05, 4.69) is 6.92 Å². The van der Waals surface area contributed by atoms with E-state index in [1.54, 1.807) is 6.07 Å². The van der Waals surface area contributed by atoms with Crippen molar-refractivity contribution in [2.45, 2.75) is 32.4 Å². The minimum absolute atomic E-state index is 0.350. The SMILES string of the molecule is CC1CCN(Cc2ccc(F)cc2Cl)C(C(=O)O)C1.